The number of aryl methyl sites for hydroxylation is 1. The Morgan fingerprint density at radius 3 is 2.93 bits per heavy atom. The van der Waals surface area contributed by atoms with Gasteiger partial charge in [0.15, 0.2) is 0 Å². The van der Waals surface area contributed by atoms with Crippen LogP contribution < -0.4 is 10.6 Å². The molecule has 0 bridgehead atoms. The number of nitriles is 1. The van der Waals surface area contributed by atoms with Gasteiger partial charge in [0, 0.05) is 10.7 Å². The van der Waals surface area contributed by atoms with E-state index in [2.05, 4.69) is 10.6 Å². The van der Waals surface area contributed by atoms with Gasteiger partial charge in [-0.3, -0.25) is 0 Å². The molecule has 0 aliphatic carbocycles. The maximum atomic E-state index is 11.2. The number of benzene rings is 1. The number of nitrogens with one attached hydrogen (secondary N) is 2. The minimum atomic E-state index is -0.401. The second-order valence-corrected chi connectivity index (χ2v) is 3.36. The SMILES string of the molecule is Cc1cc(Cl)ccc1NC(=O)NCC#N. The van der Waals surface area contributed by atoms with Crippen LogP contribution in [-0.2, 0) is 0 Å². The Labute approximate surface area is 92.8 Å². The van der Waals surface area contributed by atoms with E-state index in [4.69, 9.17) is 16.9 Å². The van der Waals surface area contributed by atoms with Crippen LogP contribution in [0.15, 0.2) is 18.2 Å². The molecule has 1 aromatic rings. The highest BCUT2D eigenvalue weighted by Gasteiger charge is 2.03. The molecule has 0 atom stereocenters. The van der Waals surface area contributed by atoms with Crippen molar-refractivity contribution in [1.82, 2.24) is 5.32 Å². The molecule has 0 aliphatic heterocycles. The smallest absolute Gasteiger partial charge is 0.320 e. The molecule has 0 radical (unpaired) electrons. The molecule has 0 unspecified atom stereocenters. The highest BCUT2D eigenvalue weighted by molar-refractivity contribution is 6.30. The molecule has 0 spiro atoms. The standard InChI is InChI=1S/C10H10ClN3O/c1-7-6-8(11)2-3-9(7)14-10(15)13-5-4-12/h2-3,6H,5H2,1H3,(H2,13,14,15). The molecule has 2 amide bonds. The first-order valence-corrected chi connectivity index (χ1v) is 4.69. The summed E-state index contributed by atoms with van der Waals surface area (Å²) in [4.78, 5) is 11.2. The quantitative estimate of drug-likeness (QED) is 0.756. The zero-order valence-electron chi connectivity index (χ0n) is 8.17. The highest BCUT2D eigenvalue weighted by Crippen LogP contribution is 2.19. The number of carbonyl (C=O) groups excluding carboxylic acids is 1. The van der Waals surface area contributed by atoms with Crippen molar-refractivity contribution < 1.29 is 4.79 Å². The third-order valence-electron chi connectivity index (χ3n) is 1.76. The summed E-state index contributed by atoms with van der Waals surface area (Å²) in [7, 11) is 0. The Bertz CT molecular complexity index is 412. The van der Waals surface area contributed by atoms with Gasteiger partial charge in [-0.15, -0.1) is 0 Å². The van der Waals surface area contributed by atoms with Crippen LogP contribution in [0, 0.1) is 18.3 Å². The van der Waals surface area contributed by atoms with Crippen molar-refractivity contribution in [3.63, 3.8) is 0 Å². The maximum absolute atomic E-state index is 11.2. The molecule has 1 aromatic carbocycles. The number of nitrogens with zero attached hydrogens (tertiary/aromatic N) is 1. The van der Waals surface area contributed by atoms with Crippen LogP contribution in [0.2, 0.25) is 5.02 Å². The van der Waals surface area contributed by atoms with Crippen LogP contribution >= 0.6 is 11.6 Å². The average molecular weight is 224 g/mol. The Kier molecular flexibility index (Phi) is 3.95. The molecule has 2 N–H and O–H groups in total. The number of rotatable bonds is 2. The summed E-state index contributed by atoms with van der Waals surface area (Å²) in [6.45, 7) is 1.82. The second-order valence-electron chi connectivity index (χ2n) is 2.93. The highest BCUT2D eigenvalue weighted by atomic mass is 35.5. The Balaban J connectivity index is 2.65. The first-order chi connectivity index (χ1) is 7.13. The van der Waals surface area contributed by atoms with E-state index in [0.717, 1.165) is 5.56 Å². The molecule has 5 heteroatoms. The molecule has 4 nitrogen and oxygen atoms in total. The number of carbonyl (C=O) groups is 1. The molecule has 15 heavy (non-hydrogen) atoms. The van der Waals surface area contributed by atoms with Gasteiger partial charge in [-0.2, -0.15) is 5.26 Å². The van der Waals surface area contributed by atoms with Crippen molar-refractivity contribution in [2.24, 2.45) is 0 Å². The lowest BCUT2D eigenvalue weighted by Gasteiger charge is -2.08. The van der Waals surface area contributed by atoms with Gasteiger partial charge >= 0.3 is 6.03 Å². The number of urea groups is 1. The minimum Gasteiger partial charge on any atom is -0.325 e. The van der Waals surface area contributed by atoms with E-state index < -0.39 is 6.03 Å². The van der Waals surface area contributed by atoms with Crippen LogP contribution in [0.3, 0.4) is 0 Å². The fraction of sp³-hybridized carbons (Fsp3) is 0.200. The van der Waals surface area contributed by atoms with Crippen molar-refractivity contribution >= 4 is 23.3 Å². The predicted molar refractivity (Wildman–Crippen MR) is 58.8 cm³/mol. The summed E-state index contributed by atoms with van der Waals surface area (Å²) in [5.41, 5.74) is 1.55. The summed E-state index contributed by atoms with van der Waals surface area (Å²) in [6.07, 6.45) is 0. The van der Waals surface area contributed by atoms with Crippen LogP contribution in [0.25, 0.3) is 0 Å². The summed E-state index contributed by atoms with van der Waals surface area (Å²) in [5.74, 6) is 0. The van der Waals surface area contributed by atoms with Crippen molar-refractivity contribution in [3.05, 3.63) is 28.8 Å². The van der Waals surface area contributed by atoms with Gasteiger partial charge in [-0.05, 0) is 30.7 Å². The lowest BCUT2D eigenvalue weighted by atomic mass is 10.2. The third-order valence-corrected chi connectivity index (χ3v) is 2.00. The van der Waals surface area contributed by atoms with E-state index >= 15 is 0 Å². The summed E-state index contributed by atoms with van der Waals surface area (Å²) in [5, 5.41) is 13.9. The zero-order valence-corrected chi connectivity index (χ0v) is 8.93. The van der Waals surface area contributed by atoms with Gasteiger partial charge in [0.2, 0.25) is 0 Å². The number of hydrogen-bond acceptors (Lipinski definition) is 2. The minimum absolute atomic E-state index is 0.0154. The van der Waals surface area contributed by atoms with Crippen LogP contribution in [-0.4, -0.2) is 12.6 Å². The Morgan fingerprint density at radius 2 is 2.33 bits per heavy atom. The van der Waals surface area contributed by atoms with E-state index in [1.54, 1.807) is 18.2 Å². The number of amides is 2. The van der Waals surface area contributed by atoms with Gasteiger partial charge < -0.3 is 10.6 Å². The molecular formula is C10H10ClN3O. The monoisotopic (exact) mass is 223 g/mol. The number of anilines is 1. The molecule has 78 valence electrons. The summed E-state index contributed by atoms with van der Waals surface area (Å²) < 4.78 is 0. The average Bonchev–Trinajstić information content (AvgIpc) is 2.19. The second kappa shape index (κ2) is 5.23. The van der Waals surface area contributed by atoms with Gasteiger partial charge in [0.05, 0.1) is 6.07 Å². The fourth-order valence-electron chi connectivity index (χ4n) is 1.05. The topological polar surface area (TPSA) is 64.9 Å². The van der Waals surface area contributed by atoms with Crippen molar-refractivity contribution in [3.8, 4) is 6.07 Å². The molecule has 1 rings (SSSR count). The van der Waals surface area contributed by atoms with Crippen LogP contribution in [0.5, 0.6) is 0 Å². The summed E-state index contributed by atoms with van der Waals surface area (Å²) in [6, 6.07) is 6.57. The van der Waals surface area contributed by atoms with Crippen molar-refractivity contribution in [2.45, 2.75) is 6.92 Å². The Morgan fingerprint density at radius 1 is 1.60 bits per heavy atom. The van der Waals surface area contributed by atoms with Crippen LogP contribution in [0.1, 0.15) is 5.56 Å². The molecule has 0 heterocycles. The number of halogens is 1. The fourth-order valence-corrected chi connectivity index (χ4v) is 1.28. The largest absolute Gasteiger partial charge is 0.325 e. The van der Waals surface area contributed by atoms with Gasteiger partial charge in [0.25, 0.3) is 0 Å². The van der Waals surface area contributed by atoms with E-state index in [9.17, 15) is 4.79 Å². The molecule has 0 saturated heterocycles. The van der Waals surface area contributed by atoms with Gasteiger partial charge in [-0.25, -0.2) is 4.79 Å². The summed E-state index contributed by atoms with van der Waals surface area (Å²) >= 11 is 5.77. The molecule has 0 saturated carbocycles. The first-order valence-electron chi connectivity index (χ1n) is 4.31. The zero-order chi connectivity index (χ0) is 11.3. The Hall–Kier alpha value is -1.73. The van der Waals surface area contributed by atoms with E-state index in [-0.39, 0.29) is 6.54 Å². The predicted octanol–water partition coefficient (Wildman–Crippen LogP) is 2.29. The maximum Gasteiger partial charge on any atom is 0.320 e. The van der Waals surface area contributed by atoms with Crippen LogP contribution in [0.4, 0.5) is 10.5 Å². The number of hydrogen-bond donors (Lipinski definition) is 2. The first kappa shape index (κ1) is 11.3. The lowest BCUT2D eigenvalue weighted by Crippen LogP contribution is -2.29. The van der Waals surface area contributed by atoms with Crippen molar-refractivity contribution in [2.75, 3.05) is 11.9 Å². The third kappa shape index (κ3) is 3.49. The van der Waals surface area contributed by atoms with Gasteiger partial charge in [0.1, 0.15) is 6.54 Å². The van der Waals surface area contributed by atoms with E-state index in [0.29, 0.717) is 10.7 Å². The van der Waals surface area contributed by atoms with Gasteiger partial charge in [-0.1, -0.05) is 11.6 Å². The van der Waals surface area contributed by atoms with E-state index in [1.807, 2.05) is 13.0 Å². The molecule has 0 aliphatic rings. The lowest BCUT2D eigenvalue weighted by molar-refractivity contribution is 0.253. The normalized spacial score (nSPS) is 9.13. The molecule has 0 aromatic heterocycles. The van der Waals surface area contributed by atoms with Crippen molar-refractivity contribution in [1.29, 1.82) is 5.26 Å². The molecular weight excluding hydrogens is 214 g/mol. The molecule has 0 fully saturated rings. The van der Waals surface area contributed by atoms with E-state index in [1.165, 1.54) is 0 Å².